The quantitative estimate of drug-likeness (QED) is 0.705. The molecule has 0 fully saturated rings. The molecule has 0 amide bonds. The number of nitrogens with two attached hydrogens (primary N) is 1. The molecular weight excluding hydrogens is 250 g/mol. The lowest BCUT2D eigenvalue weighted by atomic mass is 10.2. The van der Waals surface area contributed by atoms with Crippen LogP contribution >= 0.6 is 11.8 Å². The van der Waals surface area contributed by atoms with E-state index in [9.17, 15) is 4.79 Å². The van der Waals surface area contributed by atoms with Gasteiger partial charge in [0.15, 0.2) is 0 Å². The van der Waals surface area contributed by atoms with Crippen LogP contribution in [-0.4, -0.2) is 35.2 Å². The molecule has 0 saturated carbocycles. The maximum atomic E-state index is 10.5. The van der Waals surface area contributed by atoms with Crippen LogP contribution in [-0.2, 0) is 4.79 Å². The Balaban J connectivity index is 2.07. The molecule has 4 nitrogen and oxygen atoms in total. The zero-order valence-electron chi connectivity index (χ0n) is 10.5. The van der Waals surface area contributed by atoms with Gasteiger partial charge in [0, 0.05) is 5.75 Å². The van der Waals surface area contributed by atoms with E-state index in [0.717, 1.165) is 17.9 Å². The second-order valence-corrected chi connectivity index (χ2v) is 5.19. The molecule has 100 valence electrons. The molecule has 0 aliphatic carbocycles. The number of thioether (sulfide) groups is 1. The van der Waals surface area contributed by atoms with E-state index in [-0.39, 0.29) is 0 Å². The molecule has 0 bridgehead atoms. The van der Waals surface area contributed by atoms with Crippen molar-refractivity contribution in [1.29, 1.82) is 0 Å². The standard InChI is InChI=1S/C13H19NO3S/c1-10-4-2-5-11(8-10)17-6-3-7-18-9-12(14)13(15)16/h2,4-5,8,12H,3,6-7,9,14H2,1H3,(H,15,16)/t12-/m1/s1. The van der Waals surface area contributed by atoms with Crippen molar-refractivity contribution in [2.45, 2.75) is 19.4 Å². The summed E-state index contributed by atoms with van der Waals surface area (Å²) in [6.45, 7) is 2.66. The zero-order valence-corrected chi connectivity index (χ0v) is 11.3. The second-order valence-electron chi connectivity index (χ2n) is 4.04. The Morgan fingerprint density at radius 2 is 2.33 bits per heavy atom. The molecule has 1 aromatic rings. The fourth-order valence-corrected chi connectivity index (χ4v) is 2.22. The van der Waals surface area contributed by atoms with Crippen LogP contribution in [0.25, 0.3) is 0 Å². The third kappa shape index (κ3) is 5.93. The van der Waals surface area contributed by atoms with Crippen LogP contribution in [0.3, 0.4) is 0 Å². The molecule has 0 spiro atoms. The number of carboxylic acid groups (broad SMARTS) is 1. The summed E-state index contributed by atoms with van der Waals surface area (Å²) in [4.78, 5) is 10.5. The summed E-state index contributed by atoms with van der Waals surface area (Å²) in [7, 11) is 0. The molecule has 0 saturated heterocycles. The first kappa shape index (κ1) is 14.9. The fraction of sp³-hybridized carbons (Fsp3) is 0.462. The highest BCUT2D eigenvalue weighted by atomic mass is 32.2. The van der Waals surface area contributed by atoms with E-state index in [1.165, 1.54) is 5.56 Å². The molecule has 0 unspecified atom stereocenters. The Morgan fingerprint density at radius 3 is 3.00 bits per heavy atom. The van der Waals surface area contributed by atoms with E-state index in [0.29, 0.717) is 12.4 Å². The molecule has 0 aliphatic heterocycles. The van der Waals surface area contributed by atoms with E-state index in [2.05, 4.69) is 0 Å². The fourth-order valence-electron chi connectivity index (χ4n) is 1.34. The van der Waals surface area contributed by atoms with Crippen LogP contribution in [0.2, 0.25) is 0 Å². The molecule has 0 heterocycles. The van der Waals surface area contributed by atoms with Gasteiger partial charge in [0.1, 0.15) is 11.8 Å². The SMILES string of the molecule is Cc1cccc(OCCCSC[C@@H](N)C(=O)O)c1. The Labute approximate surface area is 112 Å². The molecule has 1 rings (SSSR count). The maximum absolute atomic E-state index is 10.5. The average molecular weight is 269 g/mol. The summed E-state index contributed by atoms with van der Waals surface area (Å²) in [6, 6.07) is 7.14. The van der Waals surface area contributed by atoms with Gasteiger partial charge in [-0.25, -0.2) is 0 Å². The van der Waals surface area contributed by atoms with Gasteiger partial charge in [0.2, 0.25) is 0 Å². The molecule has 5 heteroatoms. The van der Waals surface area contributed by atoms with Crippen LogP contribution in [0.4, 0.5) is 0 Å². The number of aliphatic carboxylic acids is 1. The minimum Gasteiger partial charge on any atom is -0.494 e. The van der Waals surface area contributed by atoms with Gasteiger partial charge < -0.3 is 15.6 Å². The lowest BCUT2D eigenvalue weighted by Gasteiger charge is -2.08. The maximum Gasteiger partial charge on any atom is 0.321 e. The van der Waals surface area contributed by atoms with E-state index < -0.39 is 12.0 Å². The van der Waals surface area contributed by atoms with Crippen molar-refractivity contribution in [2.75, 3.05) is 18.1 Å². The lowest BCUT2D eigenvalue weighted by molar-refractivity contribution is -0.137. The minimum absolute atomic E-state index is 0.444. The van der Waals surface area contributed by atoms with E-state index >= 15 is 0 Å². The summed E-state index contributed by atoms with van der Waals surface area (Å²) < 4.78 is 5.58. The predicted octanol–water partition coefficient (Wildman–Crippen LogP) is 1.91. The minimum atomic E-state index is -0.946. The van der Waals surface area contributed by atoms with Crippen molar-refractivity contribution in [3.8, 4) is 5.75 Å². The van der Waals surface area contributed by atoms with Gasteiger partial charge in [-0.3, -0.25) is 4.79 Å². The normalized spacial score (nSPS) is 12.1. The molecule has 3 N–H and O–H groups in total. The number of hydrogen-bond acceptors (Lipinski definition) is 4. The van der Waals surface area contributed by atoms with Crippen molar-refractivity contribution >= 4 is 17.7 Å². The van der Waals surface area contributed by atoms with Gasteiger partial charge in [-0.15, -0.1) is 0 Å². The van der Waals surface area contributed by atoms with Crippen molar-refractivity contribution in [2.24, 2.45) is 5.73 Å². The first-order chi connectivity index (χ1) is 8.59. The number of benzene rings is 1. The van der Waals surface area contributed by atoms with Crippen molar-refractivity contribution < 1.29 is 14.6 Å². The van der Waals surface area contributed by atoms with Gasteiger partial charge >= 0.3 is 5.97 Å². The zero-order chi connectivity index (χ0) is 13.4. The van der Waals surface area contributed by atoms with Gasteiger partial charge in [-0.2, -0.15) is 11.8 Å². The van der Waals surface area contributed by atoms with E-state index in [1.807, 2.05) is 31.2 Å². The first-order valence-corrected chi connectivity index (χ1v) is 7.00. The Bertz CT molecular complexity index is 384. The molecule has 1 atom stereocenters. The molecule has 0 radical (unpaired) electrons. The van der Waals surface area contributed by atoms with Crippen LogP contribution in [0, 0.1) is 6.92 Å². The third-order valence-electron chi connectivity index (χ3n) is 2.31. The van der Waals surface area contributed by atoms with Gasteiger partial charge in [0.25, 0.3) is 0 Å². The monoisotopic (exact) mass is 269 g/mol. The van der Waals surface area contributed by atoms with Gasteiger partial charge in [-0.05, 0) is 36.8 Å². The second kappa shape index (κ2) is 8.00. The Morgan fingerprint density at radius 1 is 1.56 bits per heavy atom. The summed E-state index contributed by atoms with van der Waals surface area (Å²) in [5.74, 6) is 1.23. The van der Waals surface area contributed by atoms with E-state index in [1.54, 1.807) is 11.8 Å². The number of carbonyl (C=O) groups is 1. The van der Waals surface area contributed by atoms with Gasteiger partial charge in [-0.1, -0.05) is 12.1 Å². The highest BCUT2D eigenvalue weighted by molar-refractivity contribution is 7.99. The largest absolute Gasteiger partial charge is 0.494 e. The molecule has 0 aliphatic rings. The number of hydrogen-bond donors (Lipinski definition) is 2. The van der Waals surface area contributed by atoms with Gasteiger partial charge in [0.05, 0.1) is 6.61 Å². The average Bonchev–Trinajstić information content (AvgIpc) is 2.33. The number of rotatable bonds is 8. The first-order valence-electron chi connectivity index (χ1n) is 5.85. The van der Waals surface area contributed by atoms with Crippen molar-refractivity contribution in [1.82, 2.24) is 0 Å². The molecule has 1 aromatic carbocycles. The predicted molar refractivity (Wildman–Crippen MR) is 74.2 cm³/mol. The summed E-state index contributed by atoms with van der Waals surface area (Å²) in [5.41, 5.74) is 6.56. The van der Waals surface area contributed by atoms with Crippen LogP contribution in [0.5, 0.6) is 5.75 Å². The van der Waals surface area contributed by atoms with Crippen LogP contribution in [0.15, 0.2) is 24.3 Å². The van der Waals surface area contributed by atoms with Crippen LogP contribution in [0.1, 0.15) is 12.0 Å². The summed E-state index contributed by atoms with van der Waals surface area (Å²) in [5, 5.41) is 8.60. The number of ether oxygens (including phenoxy) is 1. The van der Waals surface area contributed by atoms with Crippen molar-refractivity contribution in [3.05, 3.63) is 29.8 Å². The highest BCUT2D eigenvalue weighted by Gasteiger charge is 2.10. The Kier molecular flexibility index (Phi) is 6.60. The summed E-state index contributed by atoms with van der Waals surface area (Å²) >= 11 is 1.54. The third-order valence-corrected chi connectivity index (χ3v) is 3.48. The lowest BCUT2D eigenvalue weighted by Crippen LogP contribution is -2.32. The topological polar surface area (TPSA) is 72.5 Å². The number of carboxylic acids is 1. The molecule has 18 heavy (non-hydrogen) atoms. The number of aryl methyl sites for hydroxylation is 1. The smallest absolute Gasteiger partial charge is 0.321 e. The van der Waals surface area contributed by atoms with Crippen LogP contribution < -0.4 is 10.5 Å². The molecular formula is C13H19NO3S. The highest BCUT2D eigenvalue weighted by Crippen LogP contribution is 2.13. The molecule has 0 aromatic heterocycles. The van der Waals surface area contributed by atoms with Crippen molar-refractivity contribution in [3.63, 3.8) is 0 Å². The van der Waals surface area contributed by atoms with E-state index in [4.69, 9.17) is 15.6 Å². The Hall–Kier alpha value is -1.20. The summed E-state index contributed by atoms with van der Waals surface area (Å²) in [6.07, 6.45) is 0.880.